The van der Waals surface area contributed by atoms with E-state index in [0.29, 0.717) is 0 Å². The molecule has 0 bridgehead atoms. The number of anilines is 1. The Bertz CT molecular complexity index is 874. The van der Waals surface area contributed by atoms with Gasteiger partial charge in [0.05, 0.1) is 27.7 Å². The first-order chi connectivity index (χ1) is 12.2. The molecule has 1 saturated heterocycles. The molecule has 1 aromatic carbocycles. The maximum Gasteiger partial charge on any atom is 0.183 e. The van der Waals surface area contributed by atoms with Gasteiger partial charge in [0.1, 0.15) is 11.6 Å². The maximum absolute atomic E-state index is 13.5. The highest BCUT2D eigenvalue weighted by atomic mass is 32.2. The Morgan fingerprint density at radius 1 is 1.15 bits per heavy atom. The Labute approximate surface area is 154 Å². The van der Waals surface area contributed by atoms with Crippen LogP contribution in [0.5, 0.6) is 0 Å². The minimum atomic E-state index is -3.63. The summed E-state index contributed by atoms with van der Waals surface area (Å²) in [6.07, 6.45) is 4.96. The van der Waals surface area contributed by atoms with Crippen molar-refractivity contribution in [1.82, 2.24) is 9.97 Å². The molecule has 0 spiro atoms. The molecule has 0 atom stereocenters. The number of piperidine rings is 1. The second-order valence-electron chi connectivity index (χ2n) is 7.34. The molecule has 0 aliphatic carbocycles. The number of hydrogen-bond acceptors (Lipinski definition) is 5. The third-order valence-electron chi connectivity index (χ3n) is 5.37. The number of rotatable bonds is 4. The van der Waals surface area contributed by atoms with E-state index in [9.17, 15) is 12.8 Å². The van der Waals surface area contributed by atoms with Crippen LogP contribution in [0.1, 0.15) is 32.4 Å². The summed E-state index contributed by atoms with van der Waals surface area (Å²) in [6, 6.07) is 5.27. The average Bonchev–Trinajstić information content (AvgIpc) is 2.62. The lowest BCUT2D eigenvalue weighted by Gasteiger charge is -2.40. The fourth-order valence-corrected chi connectivity index (χ4v) is 5.32. The van der Waals surface area contributed by atoms with E-state index in [0.717, 1.165) is 43.5 Å². The van der Waals surface area contributed by atoms with Crippen LogP contribution in [0.4, 0.5) is 10.2 Å². The highest BCUT2D eigenvalue weighted by molar-refractivity contribution is 7.92. The summed E-state index contributed by atoms with van der Waals surface area (Å²) in [7, 11) is -3.63. The summed E-state index contributed by atoms with van der Waals surface area (Å²) in [5.74, 6) is 0.278. The van der Waals surface area contributed by atoms with E-state index >= 15 is 0 Å². The van der Waals surface area contributed by atoms with Crippen LogP contribution in [-0.2, 0) is 9.84 Å². The summed E-state index contributed by atoms with van der Waals surface area (Å²) in [4.78, 5) is 10.9. The van der Waals surface area contributed by atoms with Crippen LogP contribution in [0.25, 0.3) is 0 Å². The van der Waals surface area contributed by atoms with Gasteiger partial charge in [0.25, 0.3) is 0 Å². The summed E-state index contributed by atoms with van der Waals surface area (Å²) in [6.45, 7) is 6.84. The number of halogens is 1. The van der Waals surface area contributed by atoms with E-state index in [1.54, 1.807) is 26.2 Å². The highest BCUT2D eigenvalue weighted by Crippen LogP contribution is 2.38. The summed E-state index contributed by atoms with van der Waals surface area (Å²) in [5.41, 5.74) is 0.867. The van der Waals surface area contributed by atoms with Crippen molar-refractivity contribution in [2.75, 3.05) is 18.0 Å². The quantitative estimate of drug-likeness (QED) is 0.817. The van der Waals surface area contributed by atoms with Gasteiger partial charge < -0.3 is 4.90 Å². The van der Waals surface area contributed by atoms with Gasteiger partial charge in [0.15, 0.2) is 9.84 Å². The molecule has 0 N–H and O–H groups in total. The predicted octanol–water partition coefficient (Wildman–Crippen LogP) is 3.39. The molecule has 1 aliphatic heterocycles. The van der Waals surface area contributed by atoms with Gasteiger partial charge in [0.2, 0.25) is 0 Å². The third-order valence-corrected chi connectivity index (χ3v) is 7.96. The van der Waals surface area contributed by atoms with Crippen LogP contribution in [0, 0.1) is 18.7 Å². The first-order valence-electron chi connectivity index (χ1n) is 8.75. The van der Waals surface area contributed by atoms with Crippen molar-refractivity contribution >= 4 is 15.7 Å². The van der Waals surface area contributed by atoms with Crippen molar-refractivity contribution < 1.29 is 12.8 Å². The number of sulfone groups is 1. The molecule has 0 unspecified atom stereocenters. The molecule has 1 fully saturated rings. The molecule has 140 valence electrons. The SMILES string of the molecule is Cc1cnc(N2CCC(C(C)(C)S(=O)(=O)c3cccc(F)c3)CC2)cn1. The fraction of sp³-hybridized carbons (Fsp3) is 0.474. The second-order valence-corrected chi connectivity index (χ2v) is 9.87. The van der Waals surface area contributed by atoms with Gasteiger partial charge in [-0.1, -0.05) is 6.07 Å². The molecule has 0 radical (unpaired) electrons. The van der Waals surface area contributed by atoms with Crippen LogP contribution in [-0.4, -0.2) is 36.2 Å². The standard InChI is InChI=1S/C19H24FN3O2S/c1-14-12-22-18(13-21-14)23-9-7-15(8-10-23)19(2,3)26(24,25)17-6-4-5-16(20)11-17/h4-6,11-13,15H,7-10H2,1-3H3. The summed E-state index contributed by atoms with van der Waals surface area (Å²) < 4.78 is 38.7. The first kappa shape index (κ1) is 18.8. The van der Waals surface area contributed by atoms with Gasteiger partial charge in [-0.25, -0.2) is 17.8 Å². The fourth-order valence-electron chi connectivity index (χ4n) is 3.51. The van der Waals surface area contributed by atoms with E-state index in [1.807, 2.05) is 6.92 Å². The molecule has 7 heteroatoms. The minimum Gasteiger partial charge on any atom is -0.355 e. The number of aromatic nitrogens is 2. The van der Waals surface area contributed by atoms with Crippen molar-refractivity contribution in [3.8, 4) is 0 Å². The Morgan fingerprint density at radius 2 is 1.85 bits per heavy atom. The van der Waals surface area contributed by atoms with Crippen LogP contribution in [0.3, 0.4) is 0 Å². The van der Waals surface area contributed by atoms with Gasteiger partial charge >= 0.3 is 0 Å². The van der Waals surface area contributed by atoms with E-state index in [2.05, 4.69) is 14.9 Å². The highest BCUT2D eigenvalue weighted by Gasteiger charge is 2.44. The lowest BCUT2D eigenvalue weighted by atomic mass is 9.86. The van der Waals surface area contributed by atoms with Crippen molar-refractivity contribution in [1.29, 1.82) is 0 Å². The molecule has 2 heterocycles. The maximum atomic E-state index is 13.5. The zero-order valence-electron chi connectivity index (χ0n) is 15.3. The van der Waals surface area contributed by atoms with Crippen LogP contribution in [0.2, 0.25) is 0 Å². The molecular weight excluding hydrogens is 353 g/mol. The minimum absolute atomic E-state index is 0.00887. The van der Waals surface area contributed by atoms with Crippen LogP contribution >= 0.6 is 0 Å². The topological polar surface area (TPSA) is 63.2 Å². The number of nitrogens with zero attached hydrogens (tertiary/aromatic N) is 3. The van der Waals surface area contributed by atoms with Crippen molar-refractivity contribution in [3.63, 3.8) is 0 Å². The molecule has 1 aliphatic rings. The second kappa shape index (κ2) is 6.95. The Kier molecular flexibility index (Phi) is 5.01. The normalized spacial score (nSPS) is 16.7. The zero-order chi connectivity index (χ0) is 18.9. The first-order valence-corrected chi connectivity index (χ1v) is 10.2. The lowest BCUT2D eigenvalue weighted by molar-refractivity contribution is 0.323. The summed E-state index contributed by atoms with van der Waals surface area (Å²) >= 11 is 0. The molecule has 5 nitrogen and oxygen atoms in total. The van der Waals surface area contributed by atoms with Crippen molar-refractivity contribution in [3.05, 3.63) is 48.2 Å². The molecule has 2 aromatic rings. The molecule has 3 rings (SSSR count). The number of aryl methyl sites for hydroxylation is 1. The smallest absolute Gasteiger partial charge is 0.183 e. The molecular formula is C19H24FN3O2S. The van der Waals surface area contributed by atoms with Gasteiger partial charge in [-0.3, -0.25) is 4.98 Å². The number of benzene rings is 1. The van der Waals surface area contributed by atoms with Gasteiger partial charge in [-0.2, -0.15) is 0 Å². The van der Waals surface area contributed by atoms with E-state index in [-0.39, 0.29) is 10.8 Å². The molecule has 26 heavy (non-hydrogen) atoms. The monoisotopic (exact) mass is 377 g/mol. The molecule has 1 aromatic heterocycles. The third kappa shape index (κ3) is 3.45. The van der Waals surface area contributed by atoms with Crippen LogP contribution in [0.15, 0.2) is 41.6 Å². The van der Waals surface area contributed by atoms with Gasteiger partial charge in [-0.05, 0) is 57.7 Å². The van der Waals surface area contributed by atoms with Crippen molar-refractivity contribution in [2.45, 2.75) is 43.3 Å². The predicted molar refractivity (Wildman–Crippen MR) is 99.4 cm³/mol. The van der Waals surface area contributed by atoms with E-state index in [4.69, 9.17) is 0 Å². The van der Waals surface area contributed by atoms with Gasteiger partial charge in [-0.15, -0.1) is 0 Å². The Morgan fingerprint density at radius 3 is 2.42 bits per heavy atom. The van der Waals surface area contributed by atoms with E-state index < -0.39 is 20.4 Å². The van der Waals surface area contributed by atoms with Crippen molar-refractivity contribution in [2.24, 2.45) is 5.92 Å². The molecule has 0 amide bonds. The van der Waals surface area contributed by atoms with E-state index in [1.165, 1.54) is 18.2 Å². The average molecular weight is 377 g/mol. The Balaban J connectivity index is 1.76. The lowest BCUT2D eigenvalue weighted by Crippen LogP contribution is -2.46. The molecule has 0 saturated carbocycles. The zero-order valence-corrected chi connectivity index (χ0v) is 16.1. The Hall–Kier alpha value is -2.02. The van der Waals surface area contributed by atoms with Gasteiger partial charge in [0, 0.05) is 13.1 Å². The number of hydrogen-bond donors (Lipinski definition) is 0. The largest absolute Gasteiger partial charge is 0.355 e. The van der Waals surface area contributed by atoms with Crippen LogP contribution < -0.4 is 4.90 Å². The summed E-state index contributed by atoms with van der Waals surface area (Å²) in [5, 5.41) is 0.